The van der Waals surface area contributed by atoms with Crippen LogP contribution in [0, 0.1) is 5.82 Å². The minimum atomic E-state index is -0.659. The molecule has 1 saturated heterocycles. The second-order valence-electron chi connectivity index (χ2n) is 9.22. The first-order valence-electron chi connectivity index (χ1n) is 11.6. The minimum absolute atomic E-state index is 0.0584. The Kier molecular flexibility index (Phi) is 8.78. The van der Waals surface area contributed by atoms with Crippen molar-refractivity contribution in [3.63, 3.8) is 0 Å². The van der Waals surface area contributed by atoms with E-state index in [1.165, 1.54) is 19.2 Å². The molecule has 1 heterocycles. The Morgan fingerprint density at radius 3 is 2.40 bits per heavy atom. The Bertz CT molecular complexity index is 995. The van der Waals surface area contributed by atoms with Crippen molar-refractivity contribution in [2.75, 3.05) is 33.4 Å². The van der Waals surface area contributed by atoms with Crippen LogP contribution in [0.15, 0.2) is 48.5 Å². The average Bonchev–Trinajstić information content (AvgIpc) is 2.83. The van der Waals surface area contributed by atoms with Crippen LogP contribution in [0.3, 0.4) is 0 Å². The van der Waals surface area contributed by atoms with Gasteiger partial charge in [-0.05, 0) is 38.5 Å². The molecule has 1 fully saturated rings. The van der Waals surface area contributed by atoms with Crippen molar-refractivity contribution in [3.8, 4) is 11.5 Å². The van der Waals surface area contributed by atoms with Gasteiger partial charge in [-0.1, -0.05) is 36.4 Å². The van der Waals surface area contributed by atoms with Gasteiger partial charge in [0.15, 0.2) is 11.5 Å². The summed E-state index contributed by atoms with van der Waals surface area (Å²) < 4.78 is 36.1. The summed E-state index contributed by atoms with van der Waals surface area (Å²) in [5, 5.41) is 0. The number of rotatable bonds is 7. The van der Waals surface area contributed by atoms with Crippen molar-refractivity contribution in [2.24, 2.45) is 0 Å². The topological polar surface area (TPSA) is 77.5 Å². The number of carbonyl (C=O) groups is 2. The van der Waals surface area contributed by atoms with Crippen molar-refractivity contribution in [3.05, 3.63) is 59.9 Å². The third kappa shape index (κ3) is 7.50. The first kappa shape index (κ1) is 26.1. The largest absolute Gasteiger partial charge is 0.494 e. The van der Waals surface area contributed by atoms with E-state index in [9.17, 15) is 14.0 Å². The predicted octanol–water partition coefficient (Wildman–Crippen LogP) is 4.86. The molecule has 3 rings (SSSR count). The smallest absolute Gasteiger partial charge is 0.410 e. The van der Waals surface area contributed by atoms with Gasteiger partial charge in [0.1, 0.15) is 12.2 Å². The molecular weight excluding hydrogens is 455 g/mol. The Morgan fingerprint density at radius 2 is 1.71 bits per heavy atom. The van der Waals surface area contributed by atoms with Gasteiger partial charge in [0.25, 0.3) is 0 Å². The van der Waals surface area contributed by atoms with Crippen molar-refractivity contribution < 1.29 is 32.9 Å². The summed E-state index contributed by atoms with van der Waals surface area (Å²) >= 11 is 0. The fourth-order valence-electron chi connectivity index (χ4n) is 3.70. The zero-order valence-corrected chi connectivity index (χ0v) is 20.7. The van der Waals surface area contributed by atoms with E-state index >= 15 is 0 Å². The van der Waals surface area contributed by atoms with Gasteiger partial charge < -0.3 is 28.7 Å². The van der Waals surface area contributed by atoms with Crippen LogP contribution in [-0.4, -0.2) is 67.0 Å². The summed E-state index contributed by atoms with van der Waals surface area (Å²) in [5.74, 6) is -0.445. The van der Waals surface area contributed by atoms with Crippen molar-refractivity contribution in [1.82, 2.24) is 9.80 Å². The van der Waals surface area contributed by atoms with E-state index in [4.69, 9.17) is 18.9 Å². The average molecular weight is 489 g/mol. The van der Waals surface area contributed by atoms with E-state index in [2.05, 4.69) is 0 Å². The maximum atomic E-state index is 14.4. The summed E-state index contributed by atoms with van der Waals surface area (Å²) in [5.41, 5.74) is 0.228. The number of piperazine rings is 1. The Hall–Kier alpha value is -3.49. The van der Waals surface area contributed by atoms with Crippen LogP contribution in [-0.2, 0) is 16.1 Å². The SMILES string of the molecule is COc1cccc(OCC[C@@H]2CN(C(=O)OCc3ccccc3)CCN2C(=O)OC(C)(C)C)c1F. The molecule has 9 heteroatoms. The van der Waals surface area contributed by atoms with E-state index in [1.807, 2.05) is 30.3 Å². The summed E-state index contributed by atoms with van der Waals surface area (Å²) in [4.78, 5) is 28.7. The number of hydrogen-bond acceptors (Lipinski definition) is 6. The van der Waals surface area contributed by atoms with E-state index < -0.39 is 29.6 Å². The number of carbonyl (C=O) groups excluding carboxylic acids is 2. The first-order chi connectivity index (χ1) is 16.7. The summed E-state index contributed by atoms with van der Waals surface area (Å²) in [6.45, 7) is 6.53. The third-order valence-electron chi connectivity index (χ3n) is 5.43. The molecule has 0 aliphatic carbocycles. The quantitative estimate of drug-likeness (QED) is 0.554. The molecule has 0 N–H and O–H groups in total. The Morgan fingerprint density at radius 1 is 1.00 bits per heavy atom. The van der Waals surface area contributed by atoms with E-state index in [0.717, 1.165) is 5.56 Å². The highest BCUT2D eigenvalue weighted by Gasteiger charge is 2.35. The van der Waals surface area contributed by atoms with Gasteiger partial charge in [0.2, 0.25) is 5.82 Å². The van der Waals surface area contributed by atoms with Crippen LogP contribution in [0.5, 0.6) is 11.5 Å². The molecule has 2 amide bonds. The fourth-order valence-corrected chi connectivity index (χ4v) is 3.70. The molecule has 0 unspecified atom stereocenters. The van der Waals surface area contributed by atoms with Gasteiger partial charge in [-0.25, -0.2) is 9.59 Å². The lowest BCUT2D eigenvalue weighted by molar-refractivity contribution is -0.00621. The molecule has 1 aliphatic rings. The van der Waals surface area contributed by atoms with Crippen LogP contribution in [0.2, 0.25) is 0 Å². The van der Waals surface area contributed by atoms with Crippen molar-refractivity contribution in [2.45, 2.75) is 45.4 Å². The van der Waals surface area contributed by atoms with Gasteiger partial charge >= 0.3 is 12.2 Å². The fraction of sp³-hybridized carbons (Fsp3) is 0.462. The number of amides is 2. The number of nitrogens with zero attached hydrogens (tertiary/aromatic N) is 2. The van der Waals surface area contributed by atoms with Gasteiger partial charge in [0, 0.05) is 26.1 Å². The van der Waals surface area contributed by atoms with Crippen molar-refractivity contribution >= 4 is 12.2 Å². The van der Waals surface area contributed by atoms with Crippen LogP contribution in [0.4, 0.5) is 14.0 Å². The molecule has 0 radical (unpaired) electrons. The van der Waals surface area contributed by atoms with Crippen LogP contribution in [0.25, 0.3) is 0 Å². The molecule has 1 atom stereocenters. The summed E-state index contributed by atoms with van der Waals surface area (Å²) in [6, 6.07) is 13.7. The number of benzene rings is 2. The minimum Gasteiger partial charge on any atom is -0.494 e. The number of hydrogen-bond donors (Lipinski definition) is 0. The zero-order chi connectivity index (χ0) is 25.4. The van der Waals surface area contributed by atoms with E-state index in [-0.39, 0.29) is 37.8 Å². The maximum Gasteiger partial charge on any atom is 0.410 e. The van der Waals surface area contributed by atoms with Crippen LogP contribution >= 0.6 is 0 Å². The van der Waals surface area contributed by atoms with Gasteiger partial charge in [-0.15, -0.1) is 0 Å². The van der Waals surface area contributed by atoms with Crippen molar-refractivity contribution in [1.29, 1.82) is 0 Å². The van der Waals surface area contributed by atoms with Crippen LogP contribution < -0.4 is 9.47 Å². The molecule has 0 spiro atoms. The lowest BCUT2D eigenvalue weighted by Gasteiger charge is -2.41. The highest BCUT2D eigenvalue weighted by atomic mass is 19.1. The molecular formula is C26H33FN2O6. The lowest BCUT2D eigenvalue weighted by atomic mass is 10.1. The summed E-state index contributed by atoms with van der Waals surface area (Å²) in [7, 11) is 1.38. The number of halogens is 1. The standard InChI is InChI=1S/C26H33FN2O6/c1-26(2,3)35-25(31)29-15-14-28(24(30)34-18-19-9-6-5-7-10-19)17-20(29)13-16-33-22-12-8-11-21(32-4)23(22)27/h5-12,20H,13-18H2,1-4H3/t20-/m1/s1. The second-order valence-corrected chi connectivity index (χ2v) is 9.22. The molecule has 2 aromatic rings. The number of methoxy groups -OCH3 is 1. The maximum absolute atomic E-state index is 14.4. The normalized spacial score (nSPS) is 16.0. The third-order valence-corrected chi connectivity index (χ3v) is 5.43. The second kappa shape index (κ2) is 11.8. The monoisotopic (exact) mass is 488 g/mol. The molecule has 2 aromatic carbocycles. The summed E-state index contributed by atoms with van der Waals surface area (Å²) in [6.07, 6.45) is -0.562. The molecule has 0 aromatic heterocycles. The molecule has 8 nitrogen and oxygen atoms in total. The Labute approximate surface area is 205 Å². The van der Waals surface area contributed by atoms with Gasteiger partial charge in [-0.2, -0.15) is 4.39 Å². The molecule has 0 saturated carbocycles. The molecule has 1 aliphatic heterocycles. The highest BCUT2D eigenvalue weighted by Crippen LogP contribution is 2.26. The molecule has 35 heavy (non-hydrogen) atoms. The van der Waals surface area contributed by atoms with Gasteiger partial charge in [0.05, 0.1) is 19.8 Å². The van der Waals surface area contributed by atoms with Gasteiger partial charge in [-0.3, -0.25) is 0 Å². The highest BCUT2D eigenvalue weighted by molar-refractivity contribution is 5.71. The Balaban J connectivity index is 1.64. The lowest BCUT2D eigenvalue weighted by Crippen LogP contribution is -2.57. The van der Waals surface area contributed by atoms with Crippen LogP contribution in [0.1, 0.15) is 32.8 Å². The predicted molar refractivity (Wildman–Crippen MR) is 128 cm³/mol. The van der Waals surface area contributed by atoms with E-state index in [0.29, 0.717) is 13.0 Å². The first-order valence-corrected chi connectivity index (χ1v) is 11.6. The number of ether oxygens (including phenoxy) is 4. The molecule has 190 valence electrons. The zero-order valence-electron chi connectivity index (χ0n) is 20.7. The van der Waals surface area contributed by atoms with E-state index in [1.54, 1.807) is 36.6 Å². The molecule has 0 bridgehead atoms.